The highest BCUT2D eigenvalue weighted by molar-refractivity contribution is 5.91. The van der Waals surface area contributed by atoms with E-state index in [9.17, 15) is 4.39 Å². The highest BCUT2D eigenvalue weighted by Gasteiger charge is 2.08. The minimum absolute atomic E-state index is 0.311. The zero-order chi connectivity index (χ0) is 12.1. The second-order valence-electron chi connectivity index (χ2n) is 3.25. The van der Waals surface area contributed by atoms with E-state index >= 15 is 0 Å². The maximum absolute atomic E-state index is 13.4. The fourth-order valence-electron chi connectivity index (χ4n) is 1.70. The molecule has 0 atom stereocenters. The molecule has 2 rings (SSSR count). The Morgan fingerprint density at radius 1 is 1.06 bits per heavy atom. The smallest absolute Gasteiger partial charge is 0.165 e. The molecule has 0 aliphatic rings. The number of hydrogen-bond donors (Lipinski definition) is 0. The average Bonchev–Trinajstić information content (AvgIpc) is 2.33. The van der Waals surface area contributed by atoms with E-state index in [4.69, 9.17) is 4.74 Å². The largest absolute Gasteiger partial charge is 0.493 e. The maximum Gasteiger partial charge on any atom is 0.165 e. The van der Waals surface area contributed by atoms with Crippen LogP contribution in [-0.2, 0) is 0 Å². The van der Waals surface area contributed by atoms with E-state index in [0.29, 0.717) is 5.75 Å². The number of halogens is 1. The van der Waals surface area contributed by atoms with Crippen molar-refractivity contribution in [2.24, 2.45) is 0 Å². The van der Waals surface area contributed by atoms with Crippen LogP contribution in [0.5, 0.6) is 5.75 Å². The number of hydrogen-bond acceptors (Lipinski definition) is 1. The number of aryl methyl sites for hydroxylation is 1. The van der Waals surface area contributed by atoms with Gasteiger partial charge in [-0.3, -0.25) is 0 Å². The lowest BCUT2D eigenvalue weighted by atomic mass is 10.0. The first-order chi connectivity index (χ1) is 7.74. The Balaban J connectivity index is 0.000000606. The van der Waals surface area contributed by atoms with Gasteiger partial charge in [0.05, 0.1) is 7.11 Å². The number of fused-ring (bicyclic) bond motifs is 1. The number of rotatable bonds is 1. The molecule has 0 N–H and O–H groups in total. The van der Waals surface area contributed by atoms with Gasteiger partial charge < -0.3 is 4.74 Å². The van der Waals surface area contributed by atoms with Gasteiger partial charge in [0, 0.05) is 5.39 Å². The van der Waals surface area contributed by atoms with Crippen molar-refractivity contribution < 1.29 is 9.13 Å². The van der Waals surface area contributed by atoms with Gasteiger partial charge in [-0.1, -0.05) is 38.1 Å². The van der Waals surface area contributed by atoms with Gasteiger partial charge in [0.1, 0.15) is 0 Å². The zero-order valence-corrected chi connectivity index (χ0v) is 10.2. The van der Waals surface area contributed by atoms with Crippen LogP contribution in [-0.4, -0.2) is 7.11 Å². The summed E-state index contributed by atoms with van der Waals surface area (Å²) in [6.45, 7) is 5.95. The average molecular weight is 220 g/mol. The highest BCUT2D eigenvalue weighted by Crippen LogP contribution is 2.30. The topological polar surface area (TPSA) is 9.23 Å². The molecule has 0 fully saturated rings. The third kappa shape index (κ3) is 2.16. The molecular formula is C14H17FO. The molecule has 0 amide bonds. The molecular weight excluding hydrogens is 203 g/mol. The Hall–Kier alpha value is -1.57. The van der Waals surface area contributed by atoms with Gasteiger partial charge in [-0.25, -0.2) is 4.39 Å². The number of ether oxygens (including phenoxy) is 1. The zero-order valence-electron chi connectivity index (χ0n) is 10.2. The van der Waals surface area contributed by atoms with Gasteiger partial charge in [0.15, 0.2) is 11.6 Å². The van der Waals surface area contributed by atoms with Gasteiger partial charge >= 0.3 is 0 Å². The molecule has 0 aliphatic carbocycles. The van der Waals surface area contributed by atoms with Crippen molar-refractivity contribution in [3.05, 3.63) is 41.7 Å². The minimum Gasteiger partial charge on any atom is -0.493 e. The predicted octanol–water partition coefficient (Wildman–Crippen LogP) is 4.32. The van der Waals surface area contributed by atoms with Crippen LogP contribution in [0.15, 0.2) is 30.3 Å². The van der Waals surface area contributed by atoms with Crippen LogP contribution in [0.25, 0.3) is 10.8 Å². The van der Waals surface area contributed by atoms with Gasteiger partial charge in [-0.05, 0) is 23.9 Å². The van der Waals surface area contributed by atoms with E-state index in [2.05, 4.69) is 0 Å². The Morgan fingerprint density at radius 3 is 2.38 bits per heavy atom. The van der Waals surface area contributed by atoms with E-state index in [1.54, 1.807) is 6.07 Å². The molecule has 1 nitrogen and oxygen atoms in total. The summed E-state index contributed by atoms with van der Waals surface area (Å²) in [5.41, 5.74) is 1.03. The van der Waals surface area contributed by atoms with Crippen LogP contribution in [0.3, 0.4) is 0 Å². The lowest BCUT2D eigenvalue weighted by molar-refractivity contribution is 0.392. The molecule has 2 heteroatoms. The van der Waals surface area contributed by atoms with Crippen molar-refractivity contribution in [2.45, 2.75) is 20.8 Å². The van der Waals surface area contributed by atoms with E-state index in [1.165, 1.54) is 13.2 Å². The Bertz CT molecular complexity index is 477. The second-order valence-corrected chi connectivity index (χ2v) is 3.25. The molecule has 0 aliphatic heterocycles. The summed E-state index contributed by atoms with van der Waals surface area (Å²) in [5.74, 6) is 0.0231. The molecule has 2 aromatic rings. The summed E-state index contributed by atoms with van der Waals surface area (Å²) < 4.78 is 18.4. The highest BCUT2D eigenvalue weighted by atomic mass is 19.1. The van der Waals surface area contributed by atoms with Crippen LogP contribution in [0, 0.1) is 12.7 Å². The lowest BCUT2D eigenvalue weighted by Crippen LogP contribution is -1.91. The van der Waals surface area contributed by atoms with Crippen molar-refractivity contribution in [1.29, 1.82) is 0 Å². The van der Waals surface area contributed by atoms with Gasteiger partial charge in [-0.15, -0.1) is 0 Å². The van der Waals surface area contributed by atoms with E-state index in [1.807, 2.05) is 39.0 Å². The number of benzene rings is 2. The second kappa shape index (κ2) is 5.50. The Labute approximate surface area is 95.9 Å². The molecule has 16 heavy (non-hydrogen) atoms. The summed E-state index contributed by atoms with van der Waals surface area (Å²) in [6.07, 6.45) is 0. The fourth-order valence-corrected chi connectivity index (χ4v) is 1.70. The minimum atomic E-state index is -0.311. The van der Waals surface area contributed by atoms with Crippen molar-refractivity contribution in [1.82, 2.24) is 0 Å². The molecule has 0 heterocycles. The first-order valence-electron chi connectivity index (χ1n) is 5.46. The van der Waals surface area contributed by atoms with Gasteiger partial charge in [0.2, 0.25) is 0 Å². The molecule has 0 saturated carbocycles. The van der Waals surface area contributed by atoms with Crippen LogP contribution >= 0.6 is 0 Å². The summed E-state index contributed by atoms with van der Waals surface area (Å²) in [7, 11) is 1.49. The summed E-state index contributed by atoms with van der Waals surface area (Å²) in [4.78, 5) is 0. The van der Waals surface area contributed by atoms with E-state index in [0.717, 1.165) is 16.3 Å². The van der Waals surface area contributed by atoms with E-state index in [-0.39, 0.29) is 5.82 Å². The van der Waals surface area contributed by atoms with Crippen molar-refractivity contribution >= 4 is 10.8 Å². The lowest BCUT2D eigenvalue weighted by Gasteiger charge is -2.08. The maximum atomic E-state index is 13.4. The molecule has 0 saturated heterocycles. The van der Waals surface area contributed by atoms with Crippen molar-refractivity contribution in [3.8, 4) is 5.75 Å². The van der Waals surface area contributed by atoms with Crippen molar-refractivity contribution in [2.75, 3.05) is 7.11 Å². The molecule has 0 bridgehead atoms. The molecule has 2 aromatic carbocycles. The van der Waals surface area contributed by atoms with Crippen molar-refractivity contribution in [3.63, 3.8) is 0 Å². The van der Waals surface area contributed by atoms with Gasteiger partial charge in [0.25, 0.3) is 0 Å². The Kier molecular flexibility index (Phi) is 4.29. The first kappa shape index (κ1) is 12.5. The normalized spacial score (nSPS) is 9.56. The van der Waals surface area contributed by atoms with Crippen LogP contribution in [0.2, 0.25) is 0 Å². The molecule has 0 radical (unpaired) electrons. The van der Waals surface area contributed by atoms with Crippen LogP contribution in [0.1, 0.15) is 19.4 Å². The first-order valence-corrected chi connectivity index (χ1v) is 5.46. The van der Waals surface area contributed by atoms with Gasteiger partial charge in [-0.2, -0.15) is 0 Å². The molecule has 0 spiro atoms. The predicted molar refractivity (Wildman–Crippen MR) is 66.5 cm³/mol. The van der Waals surface area contributed by atoms with E-state index < -0.39 is 0 Å². The summed E-state index contributed by atoms with van der Waals surface area (Å²) in [5, 5.41) is 1.86. The van der Waals surface area contributed by atoms with Crippen LogP contribution < -0.4 is 4.74 Å². The fraction of sp³-hybridized carbons (Fsp3) is 0.286. The molecule has 0 aromatic heterocycles. The van der Waals surface area contributed by atoms with Crippen LogP contribution in [0.4, 0.5) is 4.39 Å². The molecule has 86 valence electrons. The summed E-state index contributed by atoms with van der Waals surface area (Å²) in [6, 6.07) is 9.05. The molecule has 0 unspecified atom stereocenters. The third-order valence-corrected chi connectivity index (χ3v) is 2.36. The SMILES string of the molecule is CC.COc1c(F)ccc2cccc(C)c12. The summed E-state index contributed by atoms with van der Waals surface area (Å²) >= 11 is 0. The standard InChI is InChI=1S/C12H11FO.C2H6/c1-8-4-3-5-9-6-7-10(13)12(14-2)11(8)9;1-2/h3-7H,1-2H3;1-2H3. The third-order valence-electron chi connectivity index (χ3n) is 2.36. The quantitative estimate of drug-likeness (QED) is 0.695. The monoisotopic (exact) mass is 220 g/mol. The number of methoxy groups -OCH3 is 1. The Morgan fingerprint density at radius 2 is 1.75 bits per heavy atom.